The summed E-state index contributed by atoms with van der Waals surface area (Å²) >= 11 is 0. The summed E-state index contributed by atoms with van der Waals surface area (Å²) in [5.41, 5.74) is 1.14. The molecule has 2 aliphatic rings. The van der Waals surface area contributed by atoms with Crippen LogP contribution in [0.2, 0.25) is 0 Å². The Morgan fingerprint density at radius 3 is 2.67 bits per heavy atom. The first kappa shape index (κ1) is 13.7. The molecule has 2 atom stereocenters. The quantitative estimate of drug-likeness (QED) is 0.663. The minimum absolute atomic E-state index is 0.00245. The molecule has 1 aliphatic carbocycles. The summed E-state index contributed by atoms with van der Waals surface area (Å²) in [6, 6.07) is 5.14. The minimum Gasteiger partial charge on any atom is -0.495 e. The zero-order chi connectivity index (χ0) is 15.0. The first-order valence-corrected chi connectivity index (χ1v) is 6.83. The summed E-state index contributed by atoms with van der Waals surface area (Å²) < 4.78 is 5.25. The lowest BCUT2D eigenvalue weighted by atomic mass is 10.1. The highest BCUT2D eigenvalue weighted by Gasteiger charge is 2.59. The van der Waals surface area contributed by atoms with Gasteiger partial charge in [-0.05, 0) is 24.6 Å². The van der Waals surface area contributed by atoms with E-state index in [-0.39, 0.29) is 30.3 Å². The molecule has 5 nitrogen and oxygen atoms in total. The van der Waals surface area contributed by atoms with E-state index in [1.54, 1.807) is 18.2 Å². The zero-order valence-corrected chi connectivity index (χ0v) is 11.6. The van der Waals surface area contributed by atoms with Crippen molar-refractivity contribution < 1.29 is 19.4 Å². The van der Waals surface area contributed by atoms with Gasteiger partial charge in [0, 0.05) is 12.0 Å². The number of piperidine rings is 1. The maximum Gasteiger partial charge on any atom is 0.237 e. The van der Waals surface area contributed by atoms with Crippen molar-refractivity contribution in [1.29, 1.82) is 0 Å². The topological polar surface area (TPSA) is 66.8 Å². The highest BCUT2D eigenvalue weighted by molar-refractivity contribution is 6.25. The number of imide groups is 1. The number of carbonyl (C=O) groups is 2. The molecule has 1 aromatic carbocycles. The molecule has 2 amide bonds. The average molecular weight is 285 g/mol. The molecule has 0 spiro atoms. The van der Waals surface area contributed by atoms with Crippen LogP contribution < -0.4 is 9.64 Å². The Labute approximate surface area is 122 Å². The van der Waals surface area contributed by atoms with E-state index in [9.17, 15) is 9.59 Å². The molecule has 1 N–H and O–H groups in total. The van der Waals surface area contributed by atoms with E-state index >= 15 is 0 Å². The number of nitrogens with zero attached hydrogens (tertiary/aromatic N) is 1. The van der Waals surface area contributed by atoms with E-state index in [2.05, 4.69) is 11.8 Å². The smallest absolute Gasteiger partial charge is 0.237 e. The summed E-state index contributed by atoms with van der Waals surface area (Å²) in [5, 5.41) is 8.74. The van der Waals surface area contributed by atoms with E-state index in [1.807, 2.05) is 0 Å². The second-order valence-corrected chi connectivity index (χ2v) is 5.12. The van der Waals surface area contributed by atoms with Gasteiger partial charge in [0.15, 0.2) is 0 Å². The van der Waals surface area contributed by atoms with Crippen molar-refractivity contribution in [2.45, 2.75) is 12.8 Å². The van der Waals surface area contributed by atoms with Crippen molar-refractivity contribution >= 4 is 17.5 Å². The van der Waals surface area contributed by atoms with Crippen LogP contribution in [0.15, 0.2) is 18.2 Å². The summed E-state index contributed by atoms with van der Waals surface area (Å²) in [7, 11) is 1.50. The number of fused-ring (bicyclic) bond motifs is 1. The highest BCUT2D eigenvalue weighted by atomic mass is 16.5. The molecule has 2 unspecified atom stereocenters. The zero-order valence-electron chi connectivity index (χ0n) is 11.6. The molecule has 1 heterocycles. The molecule has 2 fully saturated rings. The maximum absolute atomic E-state index is 12.2. The van der Waals surface area contributed by atoms with Gasteiger partial charge in [0.25, 0.3) is 0 Å². The number of carbonyl (C=O) groups excluding carboxylic acids is 2. The van der Waals surface area contributed by atoms with Gasteiger partial charge >= 0.3 is 0 Å². The van der Waals surface area contributed by atoms with Crippen molar-refractivity contribution in [3.63, 3.8) is 0 Å². The number of benzene rings is 1. The van der Waals surface area contributed by atoms with Crippen LogP contribution in [0.4, 0.5) is 5.69 Å². The third kappa shape index (κ3) is 2.28. The predicted molar refractivity (Wildman–Crippen MR) is 75.7 cm³/mol. The van der Waals surface area contributed by atoms with Crippen LogP contribution in [0, 0.1) is 23.7 Å². The number of aliphatic hydroxyl groups excluding tert-OH is 1. The van der Waals surface area contributed by atoms with Crippen molar-refractivity contribution in [2.24, 2.45) is 11.8 Å². The number of anilines is 1. The lowest BCUT2D eigenvalue weighted by molar-refractivity contribution is -0.123. The Kier molecular flexibility index (Phi) is 3.40. The van der Waals surface area contributed by atoms with Crippen molar-refractivity contribution in [1.82, 2.24) is 0 Å². The van der Waals surface area contributed by atoms with Crippen molar-refractivity contribution in [2.75, 3.05) is 18.6 Å². The summed E-state index contributed by atoms with van der Waals surface area (Å²) in [4.78, 5) is 25.6. The third-order valence-corrected chi connectivity index (χ3v) is 3.75. The van der Waals surface area contributed by atoms with Gasteiger partial charge in [0.05, 0.1) is 31.2 Å². The van der Waals surface area contributed by atoms with Crippen LogP contribution in [0.1, 0.15) is 18.4 Å². The second-order valence-electron chi connectivity index (χ2n) is 5.12. The van der Waals surface area contributed by atoms with Crippen LogP contribution >= 0.6 is 0 Å². The fraction of sp³-hybridized carbons (Fsp3) is 0.375. The van der Waals surface area contributed by atoms with Crippen molar-refractivity contribution in [3.05, 3.63) is 23.8 Å². The fourth-order valence-corrected chi connectivity index (χ4v) is 2.58. The lowest BCUT2D eigenvalue weighted by Crippen LogP contribution is -2.33. The molecule has 1 aliphatic heterocycles. The predicted octanol–water partition coefficient (Wildman–Crippen LogP) is 0.938. The van der Waals surface area contributed by atoms with Gasteiger partial charge < -0.3 is 9.84 Å². The van der Waals surface area contributed by atoms with E-state index in [0.717, 1.165) is 0 Å². The van der Waals surface area contributed by atoms with Gasteiger partial charge in [-0.2, -0.15) is 0 Å². The highest BCUT2D eigenvalue weighted by Crippen LogP contribution is 2.49. The van der Waals surface area contributed by atoms with E-state index < -0.39 is 0 Å². The first-order valence-electron chi connectivity index (χ1n) is 6.83. The molecular formula is C16H15NO4. The number of hydrogen-bond acceptors (Lipinski definition) is 4. The molecular weight excluding hydrogens is 270 g/mol. The molecule has 1 saturated heterocycles. The normalized spacial score (nSPS) is 22.7. The summed E-state index contributed by atoms with van der Waals surface area (Å²) in [6.45, 7) is 0.00245. The third-order valence-electron chi connectivity index (χ3n) is 3.75. The minimum atomic E-state index is -0.149. The Balaban J connectivity index is 1.96. The number of ether oxygens (including phenoxy) is 1. The van der Waals surface area contributed by atoms with E-state index in [1.165, 1.54) is 12.0 Å². The molecule has 1 saturated carbocycles. The number of hydrogen-bond donors (Lipinski definition) is 1. The van der Waals surface area contributed by atoms with Gasteiger partial charge in [-0.1, -0.05) is 11.8 Å². The van der Waals surface area contributed by atoms with Crippen LogP contribution in [0.25, 0.3) is 0 Å². The SMILES string of the molecule is COc1ccc(C#CCCO)cc1N1C(=O)C2CC2C1=O. The van der Waals surface area contributed by atoms with Crippen LogP contribution in [0.3, 0.4) is 0 Å². The van der Waals surface area contributed by atoms with Crippen LogP contribution in [-0.4, -0.2) is 30.6 Å². The first-order chi connectivity index (χ1) is 10.2. The van der Waals surface area contributed by atoms with Crippen molar-refractivity contribution in [3.8, 4) is 17.6 Å². The molecule has 5 heteroatoms. The molecule has 21 heavy (non-hydrogen) atoms. The molecule has 3 rings (SSSR count). The molecule has 0 aromatic heterocycles. The molecule has 108 valence electrons. The standard InChI is InChI=1S/C16H15NO4/c1-21-14-6-5-10(4-2-3-7-18)8-13(14)17-15(19)11-9-12(11)16(17)20/h5-6,8,11-12,18H,3,7,9H2,1H3. The summed E-state index contributed by atoms with van der Waals surface area (Å²) in [6.07, 6.45) is 1.06. The van der Waals surface area contributed by atoms with Crippen LogP contribution in [-0.2, 0) is 9.59 Å². The molecule has 1 aromatic rings. The molecule has 0 bridgehead atoms. The summed E-state index contributed by atoms with van der Waals surface area (Å²) in [5.74, 6) is 5.60. The Hall–Kier alpha value is -2.32. The van der Waals surface area contributed by atoms with Gasteiger partial charge in [-0.3, -0.25) is 9.59 Å². The Bertz CT molecular complexity index is 651. The van der Waals surface area contributed by atoms with E-state index in [4.69, 9.17) is 9.84 Å². The molecule has 0 radical (unpaired) electrons. The number of rotatable bonds is 3. The fourth-order valence-electron chi connectivity index (χ4n) is 2.58. The van der Waals surface area contributed by atoms with Gasteiger partial charge in [-0.15, -0.1) is 0 Å². The van der Waals surface area contributed by atoms with Gasteiger partial charge in [-0.25, -0.2) is 4.90 Å². The number of aliphatic hydroxyl groups is 1. The van der Waals surface area contributed by atoms with Gasteiger partial charge in [0.1, 0.15) is 5.75 Å². The Morgan fingerprint density at radius 1 is 1.33 bits per heavy atom. The second kappa shape index (κ2) is 5.23. The lowest BCUT2D eigenvalue weighted by Gasteiger charge is -2.19. The maximum atomic E-state index is 12.2. The number of amides is 2. The van der Waals surface area contributed by atoms with Gasteiger partial charge in [0.2, 0.25) is 11.8 Å². The Morgan fingerprint density at radius 2 is 2.05 bits per heavy atom. The largest absolute Gasteiger partial charge is 0.495 e. The number of methoxy groups -OCH3 is 1. The van der Waals surface area contributed by atoms with Crippen LogP contribution in [0.5, 0.6) is 5.75 Å². The average Bonchev–Trinajstić information content (AvgIpc) is 3.24. The van der Waals surface area contributed by atoms with E-state index in [0.29, 0.717) is 29.8 Å². The monoisotopic (exact) mass is 285 g/mol.